The standard InChI is InChI=1S/C23H32N4O2/c1-4-13-25-14-7-11-23(22(25)29)12-8-15-27(23)20(28)16-26-19-10-6-5-9-18(19)24-21(26)17(2)3/h5-6,9-10,17H,4,7-8,11-16H2,1-3H3. The number of amides is 2. The van der Waals surface area contributed by atoms with Crippen LogP contribution < -0.4 is 0 Å². The molecule has 2 aliphatic rings. The number of fused-ring (bicyclic) bond motifs is 1. The number of aromatic nitrogens is 2. The number of likely N-dealkylation sites (tertiary alicyclic amines) is 2. The van der Waals surface area contributed by atoms with E-state index in [9.17, 15) is 9.59 Å². The highest BCUT2D eigenvalue weighted by atomic mass is 16.2. The molecule has 156 valence electrons. The molecule has 6 nitrogen and oxygen atoms in total. The first-order chi connectivity index (χ1) is 14.0. The van der Waals surface area contributed by atoms with Gasteiger partial charge in [-0.3, -0.25) is 9.59 Å². The van der Waals surface area contributed by atoms with Crippen LogP contribution in [0.5, 0.6) is 0 Å². The van der Waals surface area contributed by atoms with Crippen molar-refractivity contribution in [1.29, 1.82) is 0 Å². The molecule has 2 aromatic rings. The minimum atomic E-state index is -0.626. The summed E-state index contributed by atoms with van der Waals surface area (Å²) in [5.41, 5.74) is 1.28. The molecule has 0 N–H and O–H groups in total. The average Bonchev–Trinajstić information content (AvgIpc) is 3.28. The van der Waals surface area contributed by atoms with Gasteiger partial charge in [-0.2, -0.15) is 0 Å². The van der Waals surface area contributed by atoms with Crippen molar-refractivity contribution in [2.24, 2.45) is 0 Å². The minimum Gasteiger partial charge on any atom is -0.341 e. The highest BCUT2D eigenvalue weighted by Crippen LogP contribution is 2.38. The van der Waals surface area contributed by atoms with Gasteiger partial charge in [0.1, 0.15) is 17.9 Å². The molecular formula is C23H32N4O2. The maximum Gasteiger partial charge on any atom is 0.248 e. The Labute approximate surface area is 172 Å². The third-order valence-electron chi connectivity index (χ3n) is 6.48. The highest BCUT2D eigenvalue weighted by molar-refractivity contribution is 5.93. The third-order valence-corrected chi connectivity index (χ3v) is 6.48. The minimum absolute atomic E-state index is 0.0410. The van der Waals surface area contributed by atoms with Crippen LogP contribution >= 0.6 is 0 Å². The van der Waals surface area contributed by atoms with Crippen LogP contribution in [0.15, 0.2) is 24.3 Å². The molecule has 0 bridgehead atoms. The number of imidazole rings is 1. The van der Waals surface area contributed by atoms with E-state index in [1.165, 1.54) is 0 Å². The fourth-order valence-corrected chi connectivity index (χ4v) is 5.19. The number of hydrogen-bond acceptors (Lipinski definition) is 3. The number of hydrogen-bond donors (Lipinski definition) is 0. The Morgan fingerprint density at radius 1 is 1.17 bits per heavy atom. The second kappa shape index (κ2) is 7.81. The summed E-state index contributed by atoms with van der Waals surface area (Å²) in [6, 6.07) is 7.98. The van der Waals surface area contributed by atoms with Crippen molar-refractivity contribution in [1.82, 2.24) is 19.4 Å². The molecule has 1 unspecified atom stereocenters. The Kier molecular flexibility index (Phi) is 5.36. The molecular weight excluding hydrogens is 364 g/mol. The van der Waals surface area contributed by atoms with Gasteiger partial charge in [-0.1, -0.05) is 32.9 Å². The maximum atomic E-state index is 13.5. The Morgan fingerprint density at radius 2 is 1.90 bits per heavy atom. The topological polar surface area (TPSA) is 58.4 Å². The lowest BCUT2D eigenvalue weighted by atomic mass is 9.85. The van der Waals surface area contributed by atoms with Crippen LogP contribution in [0.2, 0.25) is 0 Å². The Bertz CT molecular complexity index is 917. The Hall–Kier alpha value is -2.37. The van der Waals surface area contributed by atoms with E-state index in [4.69, 9.17) is 4.98 Å². The lowest BCUT2D eigenvalue weighted by Crippen LogP contribution is -2.61. The van der Waals surface area contributed by atoms with Crippen molar-refractivity contribution in [3.05, 3.63) is 30.1 Å². The first-order valence-electron chi connectivity index (χ1n) is 11.0. The van der Waals surface area contributed by atoms with Gasteiger partial charge < -0.3 is 14.4 Å². The summed E-state index contributed by atoms with van der Waals surface area (Å²) < 4.78 is 2.05. The molecule has 6 heteroatoms. The SMILES string of the molecule is CCCN1CCCC2(CCCN2C(=O)Cn2c(C(C)C)nc3ccccc32)C1=O. The molecule has 2 amide bonds. The van der Waals surface area contributed by atoms with Gasteiger partial charge >= 0.3 is 0 Å². The monoisotopic (exact) mass is 396 g/mol. The predicted molar refractivity (Wildman–Crippen MR) is 114 cm³/mol. The molecule has 1 spiro atoms. The van der Waals surface area contributed by atoms with E-state index < -0.39 is 5.54 Å². The van der Waals surface area contributed by atoms with Crippen molar-refractivity contribution in [3.63, 3.8) is 0 Å². The quantitative estimate of drug-likeness (QED) is 0.777. The summed E-state index contributed by atoms with van der Waals surface area (Å²) in [4.78, 5) is 35.5. The number of nitrogens with zero attached hydrogens (tertiary/aromatic N) is 4. The number of rotatable bonds is 5. The second-order valence-electron chi connectivity index (χ2n) is 8.78. The molecule has 2 fully saturated rings. The number of para-hydroxylation sites is 2. The van der Waals surface area contributed by atoms with Gasteiger partial charge in [0.05, 0.1) is 11.0 Å². The van der Waals surface area contributed by atoms with Crippen LogP contribution in [0.1, 0.15) is 64.6 Å². The van der Waals surface area contributed by atoms with Crippen LogP contribution in [0, 0.1) is 0 Å². The lowest BCUT2D eigenvalue weighted by Gasteiger charge is -2.44. The van der Waals surface area contributed by atoms with Crippen LogP contribution in [0.25, 0.3) is 11.0 Å². The zero-order valence-electron chi connectivity index (χ0n) is 17.9. The van der Waals surface area contributed by atoms with E-state index in [0.29, 0.717) is 6.54 Å². The van der Waals surface area contributed by atoms with Crippen molar-refractivity contribution < 1.29 is 9.59 Å². The Morgan fingerprint density at radius 3 is 2.62 bits per heavy atom. The zero-order chi connectivity index (χ0) is 20.6. The molecule has 0 saturated carbocycles. The highest BCUT2D eigenvalue weighted by Gasteiger charge is 2.52. The molecule has 0 aliphatic carbocycles. The summed E-state index contributed by atoms with van der Waals surface area (Å²) >= 11 is 0. The van der Waals surface area contributed by atoms with Gasteiger partial charge in [0.15, 0.2) is 0 Å². The summed E-state index contributed by atoms with van der Waals surface area (Å²) in [6.07, 6.45) is 4.41. The first kappa shape index (κ1) is 19.9. The van der Waals surface area contributed by atoms with E-state index in [1.54, 1.807) is 0 Å². The predicted octanol–water partition coefficient (Wildman–Crippen LogP) is 3.55. The van der Waals surface area contributed by atoms with Crippen molar-refractivity contribution in [2.75, 3.05) is 19.6 Å². The molecule has 2 saturated heterocycles. The molecule has 29 heavy (non-hydrogen) atoms. The van der Waals surface area contributed by atoms with Crippen LogP contribution in [0.3, 0.4) is 0 Å². The molecule has 3 heterocycles. The second-order valence-corrected chi connectivity index (χ2v) is 8.78. The first-order valence-corrected chi connectivity index (χ1v) is 11.0. The Balaban J connectivity index is 1.64. The summed E-state index contributed by atoms with van der Waals surface area (Å²) in [5, 5.41) is 0. The van der Waals surface area contributed by atoms with E-state index >= 15 is 0 Å². The van der Waals surface area contributed by atoms with E-state index in [0.717, 1.165) is 62.1 Å². The van der Waals surface area contributed by atoms with E-state index in [-0.39, 0.29) is 24.3 Å². The van der Waals surface area contributed by atoms with E-state index in [1.807, 2.05) is 38.6 Å². The molecule has 1 aromatic carbocycles. The van der Waals surface area contributed by atoms with Gasteiger partial charge in [-0.15, -0.1) is 0 Å². The largest absolute Gasteiger partial charge is 0.341 e. The van der Waals surface area contributed by atoms with Gasteiger partial charge in [0.25, 0.3) is 0 Å². The summed E-state index contributed by atoms with van der Waals surface area (Å²) in [7, 11) is 0. The van der Waals surface area contributed by atoms with Crippen molar-refractivity contribution in [3.8, 4) is 0 Å². The number of benzene rings is 1. The smallest absolute Gasteiger partial charge is 0.248 e. The van der Waals surface area contributed by atoms with Crippen LogP contribution in [-0.2, 0) is 16.1 Å². The van der Waals surface area contributed by atoms with Crippen molar-refractivity contribution >= 4 is 22.8 Å². The number of carbonyl (C=O) groups is 2. The third kappa shape index (κ3) is 3.32. The fraction of sp³-hybridized carbons (Fsp3) is 0.609. The molecule has 1 aromatic heterocycles. The molecule has 1 atom stereocenters. The van der Waals surface area contributed by atoms with E-state index in [2.05, 4.69) is 20.8 Å². The van der Waals surface area contributed by atoms with Gasteiger partial charge in [-0.05, 0) is 44.2 Å². The fourth-order valence-electron chi connectivity index (χ4n) is 5.19. The van der Waals surface area contributed by atoms with Crippen molar-refractivity contribution in [2.45, 2.75) is 70.9 Å². The molecule has 0 radical (unpaired) electrons. The summed E-state index contributed by atoms with van der Waals surface area (Å²) in [5.74, 6) is 1.35. The van der Waals surface area contributed by atoms with Gasteiger partial charge in [-0.25, -0.2) is 4.98 Å². The number of carbonyl (C=O) groups excluding carboxylic acids is 2. The van der Waals surface area contributed by atoms with Gasteiger partial charge in [0.2, 0.25) is 11.8 Å². The lowest BCUT2D eigenvalue weighted by molar-refractivity contribution is -0.155. The van der Waals surface area contributed by atoms with Gasteiger partial charge in [0, 0.05) is 25.6 Å². The zero-order valence-corrected chi connectivity index (χ0v) is 17.9. The normalized spacial score (nSPS) is 22.4. The maximum absolute atomic E-state index is 13.5. The number of piperidine rings is 1. The van der Waals surface area contributed by atoms with Crippen LogP contribution in [0.4, 0.5) is 0 Å². The average molecular weight is 397 g/mol. The molecule has 4 rings (SSSR count). The summed E-state index contributed by atoms with van der Waals surface area (Å²) in [6.45, 7) is 8.83. The molecule has 2 aliphatic heterocycles. The van der Waals surface area contributed by atoms with Crippen LogP contribution in [-0.4, -0.2) is 56.3 Å².